The first-order chi connectivity index (χ1) is 15.5. The average molecular weight is 432 g/mol. The standard InChI is InChI=1S/C28H37N3O/c1-19(2)17-31-18-23-14-28(27(32)29-15-22-7-5-4-6-8-22)25(26(31)24(23)16-30-28)13-21-11-9-20(3)10-12-21/h4-12,19,23-26,30H,13-18H2,1-3H3,(H,29,32). The first-order valence-corrected chi connectivity index (χ1v) is 12.3. The number of nitrogens with one attached hydrogen (secondary N) is 2. The Balaban J connectivity index is 1.44. The highest BCUT2D eigenvalue weighted by Gasteiger charge is 2.64. The largest absolute Gasteiger partial charge is 0.350 e. The van der Waals surface area contributed by atoms with Gasteiger partial charge in [0, 0.05) is 38.1 Å². The minimum Gasteiger partial charge on any atom is -0.350 e. The normalized spacial score (nSPS) is 31.2. The van der Waals surface area contributed by atoms with E-state index in [2.05, 4.69) is 72.7 Å². The van der Waals surface area contributed by atoms with Crippen LogP contribution in [0.15, 0.2) is 54.6 Å². The maximum absolute atomic E-state index is 13.9. The van der Waals surface area contributed by atoms with Crippen molar-refractivity contribution in [1.29, 1.82) is 0 Å². The van der Waals surface area contributed by atoms with E-state index >= 15 is 0 Å². The number of fused-ring (bicyclic) bond motifs is 1. The summed E-state index contributed by atoms with van der Waals surface area (Å²) in [7, 11) is 0. The fraction of sp³-hybridized carbons (Fsp3) is 0.536. The Morgan fingerprint density at radius 3 is 2.59 bits per heavy atom. The van der Waals surface area contributed by atoms with E-state index in [1.807, 2.05) is 18.2 Å². The van der Waals surface area contributed by atoms with Crippen LogP contribution in [0.25, 0.3) is 0 Å². The molecule has 5 atom stereocenters. The minimum absolute atomic E-state index is 0.193. The Morgan fingerprint density at radius 1 is 1.12 bits per heavy atom. The van der Waals surface area contributed by atoms with Crippen LogP contribution in [0.1, 0.15) is 37.0 Å². The van der Waals surface area contributed by atoms with Crippen LogP contribution in [0.3, 0.4) is 0 Å². The number of carbonyl (C=O) groups excluding carboxylic acids is 1. The SMILES string of the molecule is Cc1ccc(CC2C3C4CNC2(C(=O)NCc2ccccc2)CC4CN3CC(C)C)cc1. The maximum Gasteiger partial charge on any atom is 0.240 e. The summed E-state index contributed by atoms with van der Waals surface area (Å²) in [6.45, 7) is 10.6. The van der Waals surface area contributed by atoms with Gasteiger partial charge in [0.25, 0.3) is 0 Å². The number of carbonyl (C=O) groups is 1. The third-order valence-corrected chi connectivity index (χ3v) is 8.09. The van der Waals surface area contributed by atoms with Gasteiger partial charge in [-0.25, -0.2) is 0 Å². The number of aryl methyl sites for hydroxylation is 1. The van der Waals surface area contributed by atoms with Gasteiger partial charge in [-0.2, -0.15) is 0 Å². The molecule has 4 heteroatoms. The van der Waals surface area contributed by atoms with Crippen molar-refractivity contribution < 1.29 is 4.79 Å². The summed E-state index contributed by atoms with van der Waals surface area (Å²) < 4.78 is 0. The van der Waals surface area contributed by atoms with Crippen molar-refractivity contribution in [3.63, 3.8) is 0 Å². The van der Waals surface area contributed by atoms with Gasteiger partial charge in [0.05, 0.1) is 0 Å². The predicted molar refractivity (Wildman–Crippen MR) is 129 cm³/mol. The van der Waals surface area contributed by atoms with E-state index in [0.717, 1.165) is 38.0 Å². The van der Waals surface area contributed by atoms with Gasteiger partial charge in [0.15, 0.2) is 0 Å². The number of nitrogens with zero attached hydrogens (tertiary/aromatic N) is 1. The first-order valence-electron chi connectivity index (χ1n) is 12.3. The smallest absolute Gasteiger partial charge is 0.240 e. The van der Waals surface area contributed by atoms with Crippen LogP contribution in [0.2, 0.25) is 0 Å². The lowest BCUT2D eigenvalue weighted by Crippen LogP contribution is -2.74. The summed E-state index contributed by atoms with van der Waals surface area (Å²) in [5.41, 5.74) is 3.31. The maximum atomic E-state index is 13.9. The van der Waals surface area contributed by atoms with Gasteiger partial charge in [0.2, 0.25) is 5.91 Å². The lowest BCUT2D eigenvalue weighted by molar-refractivity contribution is -0.138. The van der Waals surface area contributed by atoms with Crippen LogP contribution in [0.5, 0.6) is 0 Å². The second kappa shape index (κ2) is 8.64. The van der Waals surface area contributed by atoms with Gasteiger partial charge in [-0.3, -0.25) is 9.69 Å². The highest BCUT2D eigenvalue weighted by atomic mass is 16.2. The Kier molecular flexibility index (Phi) is 5.85. The summed E-state index contributed by atoms with van der Waals surface area (Å²) in [5, 5.41) is 7.10. The second-order valence-corrected chi connectivity index (χ2v) is 10.8. The lowest BCUT2D eigenvalue weighted by atomic mass is 9.58. The molecule has 32 heavy (non-hydrogen) atoms. The molecule has 3 aliphatic heterocycles. The van der Waals surface area contributed by atoms with E-state index < -0.39 is 5.54 Å². The van der Waals surface area contributed by atoms with E-state index in [0.29, 0.717) is 30.3 Å². The summed E-state index contributed by atoms with van der Waals surface area (Å²) in [6.07, 6.45) is 1.91. The van der Waals surface area contributed by atoms with Gasteiger partial charge in [-0.05, 0) is 48.6 Å². The summed E-state index contributed by atoms with van der Waals surface area (Å²) >= 11 is 0. The molecule has 4 bridgehead atoms. The first kappa shape index (κ1) is 21.7. The molecule has 1 saturated carbocycles. The Morgan fingerprint density at radius 2 is 1.88 bits per heavy atom. The van der Waals surface area contributed by atoms with Crippen LogP contribution in [-0.4, -0.2) is 42.0 Å². The Bertz CT molecular complexity index is 941. The number of benzene rings is 2. The fourth-order valence-corrected chi connectivity index (χ4v) is 6.74. The van der Waals surface area contributed by atoms with Gasteiger partial charge >= 0.3 is 0 Å². The molecule has 4 nitrogen and oxygen atoms in total. The van der Waals surface area contributed by atoms with Crippen LogP contribution in [0.4, 0.5) is 0 Å². The fourth-order valence-electron chi connectivity index (χ4n) is 6.74. The zero-order chi connectivity index (χ0) is 22.3. The van der Waals surface area contributed by atoms with Crippen LogP contribution >= 0.6 is 0 Å². The molecule has 3 heterocycles. The van der Waals surface area contributed by atoms with Crippen LogP contribution in [-0.2, 0) is 17.8 Å². The molecule has 5 unspecified atom stereocenters. The molecule has 0 aromatic heterocycles. The lowest BCUT2D eigenvalue weighted by Gasteiger charge is -2.56. The van der Waals surface area contributed by atoms with E-state index in [1.165, 1.54) is 11.1 Å². The third kappa shape index (κ3) is 3.88. The number of likely N-dealkylation sites (tertiary alicyclic amines) is 1. The predicted octanol–water partition coefficient (Wildman–Crippen LogP) is 3.79. The monoisotopic (exact) mass is 431 g/mol. The van der Waals surface area contributed by atoms with Gasteiger partial charge in [-0.1, -0.05) is 74.0 Å². The van der Waals surface area contributed by atoms with Gasteiger partial charge in [0.1, 0.15) is 5.54 Å². The number of hydrogen-bond donors (Lipinski definition) is 2. The van der Waals surface area contributed by atoms with E-state index in [1.54, 1.807) is 0 Å². The van der Waals surface area contributed by atoms with Gasteiger partial charge < -0.3 is 10.6 Å². The second-order valence-electron chi connectivity index (χ2n) is 10.8. The molecule has 4 aliphatic rings. The van der Waals surface area contributed by atoms with Crippen LogP contribution < -0.4 is 10.6 Å². The third-order valence-electron chi connectivity index (χ3n) is 8.09. The van der Waals surface area contributed by atoms with Crippen molar-refractivity contribution >= 4 is 5.91 Å². The Labute approximate surface area is 192 Å². The van der Waals surface area contributed by atoms with E-state index in [9.17, 15) is 4.79 Å². The van der Waals surface area contributed by atoms with E-state index in [-0.39, 0.29) is 11.8 Å². The molecule has 3 saturated heterocycles. The molecular weight excluding hydrogens is 394 g/mol. The molecule has 1 aliphatic carbocycles. The van der Waals surface area contributed by atoms with Crippen molar-refractivity contribution in [1.82, 2.24) is 15.5 Å². The van der Waals surface area contributed by atoms with Crippen molar-refractivity contribution in [2.45, 2.75) is 51.7 Å². The van der Waals surface area contributed by atoms with Crippen molar-refractivity contribution in [3.8, 4) is 0 Å². The van der Waals surface area contributed by atoms with Crippen molar-refractivity contribution in [3.05, 3.63) is 71.3 Å². The van der Waals surface area contributed by atoms with Crippen molar-refractivity contribution in [2.24, 2.45) is 23.7 Å². The molecule has 2 aromatic rings. The molecular formula is C28H37N3O. The zero-order valence-electron chi connectivity index (χ0n) is 19.7. The van der Waals surface area contributed by atoms with Crippen LogP contribution in [0, 0.1) is 30.6 Å². The average Bonchev–Trinajstić information content (AvgIpc) is 3.08. The molecule has 6 rings (SSSR count). The molecule has 4 fully saturated rings. The van der Waals surface area contributed by atoms with E-state index in [4.69, 9.17) is 0 Å². The zero-order valence-corrected chi connectivity index (χ0v) is 19.7. The molecule has 0 spiro atoms. The highest BCUT2D eigenvalue weighted by Crippen LogP contribution is 2.53. The molecule has 1 amide bonds. The number of rotatable bonds is 7. The summed E-state index contributed by atoms with van der Waals surface area (Å²) in [6, 6.07) is 19.7. The summed E-state index contributed by atoms with van der Waals surface area (Å²) in [4.78, 5) is 16.6. The topological polar surface area (TPSA) is 44.4 Å². The Hall–Kier alpha value is -2.17. The number of amides is 1. The number of piperidine rings is 2. The molecule has 2 N–H and O–H groups in total. The molecule has 0 radical (unpaired) electrons. The van der Waals surface area contributed by atoms with Gasteiger partial charge in [-0.15, -0.1) is 0 Å². The number of hydrogen-bond acceptors (Lipinski definition) is 3. The van der Waals surface area contributed by atoms with Crippen molar-refractivity contribution in [2.75, 3.05) is 19.6 Å². The summed E-state index contributed by atoms with van der Waals surface area (Å²) in [5.74, 6) is 2.41. The minimum atomic E-state index is -0.477. The molecule has 2 aromatic carbocycles. The highest BCUT2D eigenvalue weighted by molar-refractivity contribution is 5.87. The quantitative estimate of drug-likeness (QED) is 0.701. The molecule has 170 valence electrons.